The van der Waals surface area contributed by atoms with Gasteiger partial charge in [0, 0.05) is 37.1 Å². The lowest BCUT2D eigenvalue weighted by Crippen LogP contribution is -2.52. The van der Waals surface area contributed by atoms with E-state index < -0.39 is 17.8 Å². The molecule has 30 heavy (non-hydrogen) atoms. The highest BCUT2D eigenvalue weighted by Crippen LogP contribution is 2.49. The number of urea groups is 1. The molecule has 1 aromatic rings. The molecule has 6 nitrogen and oxygen atoms in total. The zero-order valence-electron chi connectivity index (χ0n) is 17.4. The standard InChI is InChI=1S/C24H23N3O3/c1-24(2)18-11-7-8-12-19(18)27-14-13-16(15-20(24)27)9-5-6-10-17-21(28)25(3)23(30)26(4)22(17)29/h5-15H,1-4H3. The van der Waals surface area contributed by atoms with E-state index in [0.717, 1.165) is 15.4 Å². The van der Waals surface area contributed by atoms with Crippen LogP contribution in [0.25, 0.3) is 0 Å². The van der Waals surface area contributed by atoms with Crippen molar-refractivity contribution in [2.75, 3.05) is 19.0 Å². The Morgan fingerprint density at radius 1 is 0.900 bits per heavy atom. The predicted octanol–water partition coefficient (Wildman–Crippen LogP) is 3.65. The third-order valence-corrected chi connectivity index (χ3v) is 5.76. The smallest absolute Gasteiger partial charge is 0.320 e. The van der Waals surface area contributed by atoms with E-state index in [9.17, 15) is 14.4 Å². The summed E-state index contributed by atoms with van der Waals surface area (Å²) >= 11 is 0. The zero-order chi connectivity index (χ0) is 21.6. The van der Waals surface area contributed by atoms with E-state index in [0.29, 0.717) is 0 Å². The predicted molar refractivity (Wildman–Crippen MR) is 115 cm³/mol. The fraction of sp³-hybridized carbons (Fsp3) is 0.208. The summed E-state index contributed by atoms with van der Waals surface area (Å²) < 4.78 is 0. The number of hydrogen-bond donors (Lipinski definition) is 0. The summed E-state index contributed by atoms with van der Waals surface area (Å²) in [6, 6.07) is 7.77. The van der Waals surface area contributed by atoms with Crippen molar-refractivity contribution in [1.29, 1.82) is 0 Å². The minimum absolute atomic E-state index is 0.0367. The molecule has 3 aliphatic heterocycles. The molecular formula is C24H23N3O3. The van der Waals surface area contributed by atoms with Crippen molar-refractivity contribution >= 4 is 23.5 Å². The molecule has 0 saturated carbocycles. The quantitative estimate of drug-likeness (QED) is 0.561. The topological polar surface area (TPSA) is 60.9 Å². The summed E-state index contributed by atoms with van der Waals surface area (Å²) in [6.45, 7) is 4.42. The van der Waals surface area contributed by atoms with E-state index in [-0.39, 0.29) is 11.0 Å². The van der Waals surface area contributed by atoms with Gasteiger partial charge in [0.1, 0.15) is 5.57 Å². The highest BCUT2D eigenvalue weighted by atomic mass is 16.2. The van der Waals surface area contributed by atoms with E-state index in [1.807, 2.05) is 18.2 Å². The second-order valence-corrected chi connectivity index (χ2v) is 8.00. The highest BCUT2D eigenvalue weighted by molar-refractivity contribution is 6.28. The molecule has 0 aromatic heterocycles. The van der Waals surface area contributed by atoms with Crippen molar-refractivity contribution in [3.8, 4) is 0 Å². The Labute approximate surface area is 175 Å². The normalized spacial score (nSPS) is 21.5. The van der Waals surface area contributed by atoms with Gasteiger partial charge in [-0.2, -0.15) is 0 Å². The van der Waals surface area contributed by atoms with Gasteiger partial charge in [0.2, 0.25) is 0 Å². The molecule has 0 atom stereocenters. The average molecular weight is 401 g/mol. The number of barbiturate groups is 1. The van der Waals surface area contributed by atoms with Crippen molar-refractivity contribution < 1.29 is 14.4 Å². The first kappa shape index (κ1) is 19.6. The fourth-order valence-electron chi connectivity index (χ4n) is 3.97. The molecule has 4 rings (SSSR count). The zero-order valence-corrected chi connectivity index (χ0v) is 17.4. The highest BCUT2D eigenvalue weighted by Gasteiger charge is 2.40. The Morgan fingerprint density at radius 2 is 1.53 bits per heavy atom. The Balaban J connectivity index is 1.57. The first-order valence-corrected chi connectivity index (χ1v) is 9.71. The summed E-state index contributed by atoms with van der Waals surface area (Å²) in [5, 5.41) is 0. The monoisotopic (exact) mass is 401 g/mol. The number of rotatable bonds is 2. The number of anilines is 1. The van der Waals surface area contributed by atoms with Crippen molar-refractivity contribution in [1.82, 2.24) is 9.80 Å². The summed E-state index contributed by atoms with van der Waals surface area (Å²) in [5.74, 6) is -1.19. The van der Waals surface area contributed by atoms with Crippen LogP contribution in [0.15, 0.2) is 83.8 Å². The summed E-state index contributed by atoms with van der Waals surface area (Å²) in [6.07, 6.45) is 13.0. The molecule has 0 unspecified atom stereocenters. The molecule has 152 valence electrons. The second-order valence-electron chi connectivity index (χ2n) is 8.00. The number of likely N-dealkylation sites (N-methyl/N-ethyl adjacent to an activating group) is 2. The van der Waals surface area contributed by atoms with Crippen molar-refractivity contribution in [3.63, 3.8) is 0 Å². The molecule has 0 radical (unpaired) electrons. The van der Waals surface area contributed by atoms with E-state index in [4.69, 9.17) is 0 Å². The van der Waals surface area contributed by atoms with Gasteiger partial charge in [0.25, 0.3) is 11.8 Å². The van der Waals surface area contributed by atoms with Gasteiger partial charge >= 0.3 is 6.03 Å². The minimum atomic E-state index is -0.628. The lowest BCUT2D eigenvalue weighted by atomic mass is 9.83. The number of fused-ring (bicyclic) bond motifs is 3. The van der Waals surface area contributed by atoms with E-state index in [1.165, 1.54) is 37.1 Å². The Kier molecular flexibility index (Phi) is 4.57. The van der Waals surface area contributed by atoms with Crippen LogP contribution < -0.4 is 4.90 Å². The van der Waals surface area contributed by atoms with Gasteiger partial charge in [0.05, 0.1) is 0 Å². The van der Waals surface area contributed by atoms with E-state index in [1.54, 1.807) is 12.2 Å². The number of amides is 4. The first-order chi connectivity index (χ1) is 14.2. The molecule has 0 aliphatic carbocycles. The lowest BCUT2D eigenvalue weighted by Gasteiger charge is -2.28. The first-order valence-electron chi connectivity index (χ1n) is 9.71. The molecule has 0 bridgehead atoms. The number of nitrogens with zero attached hydrogens (tertiary/aromatic N) is 3. The van der Waals surface area contributed by atoms with Crippen LogP contribution in [0.2, 0.25) is 0 Å². The van der Waals surface area contributed by atoms with Crippen LogP contribution in [0.1, 0.15) is 19.4 Å². The molecule has 3 aliphatic rings. The molecule has 1 fully saturated rings. The molecule has 1 saturated heterocycles. The number of carbonyl (C=O) groups is 3. The summed E-state index contributed by atoms with van der Waals surface area (Å²) in [5.41, 5.74) is 4.56. The Morgan fingerprint density at radius 3 is 2.23 bits per heavy atom. The van der Waals surface area contributed by atoms with Crippen molar-refractivity contribution in [2.45, 2.75) is 19.3 Å². The van der Waals surface area contributed by atoms with Crippen LogP contribution in [0.4, 0.5) is 10.5 Å². The van der Waals surface area contributed by atoms with E-state index >= 15 is 0 Å². The lowest BCUT2D eigenvalue weighted by molar-refractivity contribution is -0.134. The van der Waals surface area contributed by atoms with Crippen LogP contribution in [-0.4, -0.2) is 41.7 Å². The number of para-hydroxylation sites is 1. The third kappa shape index (κ3) is 2.92. The Bertz CT molecular complexity index is 1090. The number of hydrogen-bond acceptors (Lipinski definition) is 4. The number of benzene rings is 1. The van der Waals surface area contributed by atoms with Gasteiger partial charge in [-0.25, -0.2) is 4.79 Å². The van der Waals surface area contributed by atoms with Crippen LogP contribution in [0, 0.1) is 0 Å². The van der Waals surface area contributed by atoms with E-state index in [2.05, 4.69) is 49.2 Å². The van der Waals surface area contributed by atoms with Gasteiger partial charge in [-0.1, -0.05) is 50.3 Å². The Hall–Kier alpha value is -3.67. The summed E-state index contributed by atoms with van der Waals surface area (Å²) in [7, 11) is 2.72. The molecule has 6 heteroatoms. The molecule has 1 aromatic carbocycles. The maximum Gasteiger partial charge on any atom is 0.333 e. The largest absolute Gasteiger partial charge is 0.333 e. The number of carbonyl (C=O) groups excluding carboxylic acids is 3. The van der Waals surface area contributed by atoms with Crippen LogP contribution in [0.5, 0.6) is 0 Å². The third-order valence-electron chi connectivity index (χ3n) is 5.76. The second kappa shape index (κ2) is 6.99. The molecule has 0 spiro atoms. The molecule has 4 amide bonds. The van der Waals surface area contributed by atoms with Crippen molar-refractivity contribution in [3.05, 3.63) is 89.3 Å². The number of imide groups is 2. The van der Waals surface area contributed by atoms with Crippen molar-refractivity contribution in [2.24, 2.45) is 0 Å². The van der Waals surface area contributed by atoms with Crippen LogP contribution in [-0.2, 0) is 15.0 Å². The molecular weight excluding hydrogens is 378 g/mol. The molecule has 0 N–H and O–H groups in total. The maximum atomic E-state index is 12.2. The van der Waals surface area contributed by atoms with Crippen LogP contribution in [0.3, 0.4) is 0 Å². The summed E-state index contributed by atoms with van der Waals surface area (Å²) in [4.78, 5) is 40.3. The maximum absolute atomic E-state index is 12.2. The minimum Gasteiger partial charge on any atom is -0.320 e. The SMILES string of the molecule is CN1C(=O)C(=CC=CC=C2C=CN3C(=C2)C(C)(C)c2ccccc23)C(=O)N(C)C1=O. The van der Waals surface area contributed by atoms with Gasteiger partial charge in [-0.3, -0.25) is 19.4 Å². The number of allylic oxidation sites excluding steroid dienone is 8. The van der Waals surface area contributed by atoms with Crippen LogP contribution >= 0.6 is 0 Å². The molecule has 3 heterocycles. The average Bonchev–Trinajstić information content (AvgIpc) is 2.97. The van der Waals surface area contributed by atoms with Gasteiger partial charge in [0.15, 0.2) is 0 Å². The van der Waals surface area contributed by atoms with Gasteiger partial charge in [-0.05, 0) is 35.4 Å². The fourth-order valence-corrected chi connectivity index (χ4v) is 3.97. The van der Waals surface area contributed by atoms with Gasteiger partial charge in [-0.15, -0.1) is 0 Å². The van der Waals surface area contributed by atoms with Gasteiger partial charge < -0.3 is 4.90 Å².